The number of unbranched alkanes of at least 4 members (excludes halogenated alkanes) is 3. The van der Waals surface area contributed by atoms with Crippen LogP contribution in [0.4, 0.5) is 0 Å². The summed E-state index contributed by atoms with van der Waals surface area (Å²) in [6.07, 6.45) is 7.07. The fourth-order valence-electron chi connectivity index (χ4n) is 0.807. The Kier molecular flexibility index (Phi) is 6.61. The Morgan fingerprint density at radius 3 is 2.60 bits per heavy atom. The minimum absolute atomic E-state index is 0.214. The molecule has 0 aromatic heterocycles. The molecule has 0 saturated heterocycles. The van der Waals surface area contributed by atoms with Crippen LogP contribution in [-0.2, 0) is 0 Å². The molecule has 0 aliphatic heterocycles. The van der Waals surface area contributed by atoms with Gasteiger partial charge in [-0.15, -0.1) is 0 Å². The van der Waals surface area contributed by atoms with Gasteiger partial charge in [0.15, 0.2) is 0 Å². The average molecular weight is 142 g/mol. The van der Waals surface area contributed by atoms with E-state index in [0.717, 1.165) is 12.0 Å². The number of hydrogen-bond acceptors (Lipinski definition) is 1. The molecule has 1 heteroatoms. The van der Waals surface area contributed by atoms with Gasteiger partial charge >= 0.3 is 0 Å². The van der Waals surface area contributed by atoms with Gasteiger partial charge in [0.25, 0.3) is 0 Å². The number of aliphatic hydroxyl groups is 1. The van der Waals surface area contributed by atoms with Gasteiger partial charge < -0.3 is 5.11 Å². The summed E-state index contributed by atoms with van der Waals surface area (Å²) in [4.78, 5) is 0. The van der Waals surface area contributed by atoms with Crippen LogP contribution in [0.1, 0.15) is 39.5 Å². The van der Waals surface area contributed by atoms with Crippen LogP contribution in [0, 0.1) is 0 Å². The van der Waals surface area contributed by atoms with E-state index in [0.29, 0.717) is 0 Å². The van der Waals surface area contributed by atoms with E-state index < -0.39 is 0 Å². The third-order valence-electron chi connectivity index (χ3n) is 1.55. The average Bonchev–Trinajstić information content (AvgIpc) is 1.98. The van der Waals surface area contributed by atoms with Gasteiger partial charge in [-0.3, -0.25) is 0 Å². The second kappa shape index (κ2) is 6.81. The number of hydrogen-bond donors (Lipinski definition) is 1. The summed E-state index contributed by atoms with van der Waals surface area (Å²) in [6, 6.07) is 0. The Hall–Kier alpha value is -0.300. The van der Waals surface area contributed by atoms with Crippen LogP contribution in [-0.4, -0.2) is 11.7 Å². The molecule has 60 valence electrons. The van der Waals surface area contributed by atoms with Crippen molar-refractivity contribution < 1.29 is 5.11 Å². The summed E-state index contributed by atoms with van der Waals surface area (Å²) in [5.41, 5.74) is 1.09. The van der Waals surface area contributed by atoms with E-state index in [2.05, 4.69) is 13.0 Å². The van der Waals surface area contributed by atoms with Crippen molar-refractivity contribution in [3.63, 3.8) is 0 Å². The van der Waals surface area contributed by atoms with Gasteiger partial charge in [-0.25, -0.2) is 0 Å². The minimum atomic E-state index is 0.214. The predicted octanol–water partition coefficient (Wildman–Crippen LogP) is 2.51. The summed E-state index contributed by atoms with van der Waals surface area (Å²) in [6.45, 7) is 4.38. The highest BCUT2D eigenvalue weighted by Crippen LogP contribution is 2.02. The van der Waals surface area contributed by atoms with Crippen molar-refractivity contribution >= 4 is 0 Å². The van der Waals surface area contributed by atoms with E-state index in [1.54, 1.807) is 0 Å². The van der Waals surface area contributed by atoms with Crippen LogP contribution in [0.2, 0.25) is 0 Å². The van der Waals surface area contributed by atoms with Crippen molar-refractivity contribution in [2.75, 3.05) is 6.61 Å². The van der Waals surface area contributed by atoms with Gasteiger partial charge in [0.05, 0.1) is 6.61 Å². The minimum Gasteiger partial charge on any atom is -0.392 e. The predicted molar refractivity (Wildman–Crippen MR) is 45.0 cm³/mol. The van der Waals surface area contributed by atoms with Gasteiger partial charge in [-0.05, 0) is 19.8 Å². The van der Waals surface area contributed by atoms with Crippen molar-refractivity contribution in [3.05, 3.63) is 11.6 Å². The SMILES string of the molecule is CCCCC/C=C(/C)CO. The maximum Gasteiger partial charge on any atom is 0.0639 e. The lowest BCUT2D eigenvalue weighted by atomic mass is 10.1. The van der Waals surface area contributed by atoms with Crippen LogP contribution in [0.25, 0.3) is 0 Å². The maximum absolute atomic E-state index is 8.62. The van der Waals surface area contributed by atoms with Gasteiger partial charge in [0, 0.05) is 0 Å². The molecule has 0 fully saturated rings. The number of rotatable bonds is 5. The topological polar surface area (TPSA) is 20.2 Å². The first-order valence-electron chi connectivity index (χ1n) is 4.07. The molecule has 1 nitrogen and oxygen atoms in total. The first-order chi connectivity index (χ1) is 4.81. The highest BCUT2D eigenvalue weighted by molar-refractivity contribution is 4.97. The van der Waals surface area contributed by atoms with Crippen molar-refractivity contribution in [2.24, 2.45) is 0 Å². The zero-order chi connectivity index (χ0) is 7.82. The van der Waals surface area contributed by atoms with Crippen LogP contribution in [0.3, 0.4) is 0 Å². The molecule has 10 heavy (non-hydrogen) atoms. The van der Waals surface area contributed by atoms with E-state index in [9.17, 15) is 0 Å². The summed E-state index contributed by atoms with van der Waals surface area (Å²) >= 11 is 0. The molecule has 0 aliphatic rings. The lowest BCUT2D eigenvalue weighted by Crippen LogP contribution is -1.83. The largest absolute Gasteiger partial charge is 0.392 e. The van der Waals surface area contributed by atoms with Gasteiger partial charge in [0.1, 0.15) is 0 Å². The fourth-order valence-corrected chi connectivity index (χ4v) is 0.807. The Bertz CT molecular complexity index is 94.9. The summed E-state index contributed by atoms with van der Waals surface area (Å²) in [5.74, 6) is 0. The molecule has 0 aromatic rings. The molecule has 0 spiro atoms. The second-order valence-corrected chi connectivity index (χ2v) is 2.70. The lowest BCUT2D eigenvalue weighted by Gasteiger charge is -1.94. The third kappa shape index (κ3) is 5.83. The van der Waals surface area contributed by atoms with E-state index in [4.69, 9.17) is 5.11 Å². The molecule has 0 rings (SSSR count). The van der Waals surface area contributed by atoms with Gasteiger partial charge in [0.2, 0.25) is 0 Å². The molecule has 0 unspecified atom stereocenters. The molecule has 0 radical (unpaired) electrons. The normalized spacial score (nSPS) is 12.1. The zero-order valence-corrected chi connectivity index (χ0v) is 7.06. The standard InChI is InChI=1S/C9H18O/c1-3-4-5-6-7-9(2)8-10/h7,10H,3-6,8H2,1-2H3/b9-7-. The van der Waals surface area contributed by atoms with Gasteiger partial charge in [-0.2, -0.15) is 0 Å². The summed E-state index contributed by atoms with van der Waals surface area (Å²) in [7, 11) is 0. The Labute approximate surface area is 63.8 Å². The molecule has 0 aromatic carbocycles. The van der Waals surface area contributed by atoms with Crippen molar-refractivity contribution in [3.8, 4) is 0 Å². The summed E-state index contributed by atoms with van der Waals surface area (Å²) < 4.78 is 0. The maximum atomic E-state index is 8.62. The van der Waals surface area contributed by atoms with E-state index in [-0.39, 0.29) is 6.61 Å². The first-order valence-corrected chi connectivity index (χ1v) is 4.07. The highest BCUT2D eigenvalue weighted by atomic mass is 16.3. The Morgan fingerprint density at radius 2 is 2.10 bits per heavy atom. The molecule has 0 amide bonds. The lowest BCUT2D eigenvalue weighted by molar-refractivity contribution is 0.331. The first kappa shape index (κ1) is 9.70. The molecule has 0 bridgehead atoms. The molecule has 0 heterocycles. The molecule has 0 atom stereocenters. The van der Waals surface area contributed by atoms with Crippen molar-refractivity contribution in [1.29, 1.82) is 0 Å². The molecule has 0 aliphatic carbocycles. The van der Waals surface area contributed by atoms with Crippen LogP contribution < -0.4 is 0 Å². The molecule has 1 N–H and O–H groups in total. The van der Waals surface area contributed by atoms with Crippen LogP contribution in [0.5, 0.6) is 0 Å². The van der Waals surface area contributed by atoms with Crippen LogP contribution in [0.15, 0.2) is 11.6 Å². The van der Waals surface area contributed by atoms with E-state index in [1.807, 2.05) is 6.92 Å². The number of aliphatic hydroxyl groups excluding tert-OH is 1. The molecule has 0 saturated carbocycles. The smallest absolute Gasteiger partial charge is 0.0639 e. The summed E-state index contributed by atoms with van der Waals surface area (Å²) in [5, 5.41) is 8.62. The highest BCUT2D eigenvalue weighted by Gasteiger charge is 1.85. The van der Waals surface area contributed by atoms with E-state index in [1.165, 1.54) is 19.3 Å². The fraction of sp³-hybridized carbons (Fsp3) is 0.778. The molecular weight excluding hydrogens is 124 g/mol. The van der Waals surface area contributed by atoms with Gasteiger partial charge in [-0.1, -0.05) is 31.4 Å². The number of allylic oxidation sites excluding steroid dienone is 1. The Morgan fingerprint density at radius 1 is 1.40 bits per heavy atom. The zero-order valence-electron chi connectivity index (χ0n) is 7.06. The Balaban J connectivity index is 3.16. The third-order valence-corrected chi connectivity index (χ3v) is 1.55. The van der Waals surface area contributed by atoms with Crippen LogP contribution >= 0.6 is 0 Å². The monoisotopic (exact) mass is 142 g/mol. The molecular formula is C9H18O. The van der Waals surface area contributed by atoms with Crippen molar-refractivity contribution in [2.45, 2.75) is 39.5 Å². The quantitative estimate of drug-likeness (QED) is 0.462. The van der Waals surface area contributed by atoms with Crippen molar-refractivity contribution in [1.82, 2.24) is 0 Å². The van der Waals surface area contributed by atoms with E-state index >= 15 is 0 Å². The second-order valence-electron chi connectivity index (χ2n) is 2.70.